The highest BCUT2D eigenvalue weighted by molar-refractivity contribution is 14.0. The van der Waals surface area contributed by atoms with Crippen molar-refractivity contribution in [1.82, 2.24) is 15.1 Å². The third-order valence-electron chi connectivity index (χ3n) is 6.22. The highest BCUT2D eigenvalue weighted by Gasteiger charge is 2.53. The first-order chi connectivity index (χ1) is 10.8. The molecule has 5 nitrogen and oxygen atoms in total. The molecule has 1 N–H and O–H groups in total. The average Bonchev–Trinajstić information content (AvgIpc) is 2.53. The molecule has 0 aliphatic carbocycles. The van der Waals surface area contributed by atoms with Crippen LogP contribution in [0, 0.1) is 11.3 Å². The van der Waals surface area contributed by atoms with E-state index in [9.17, 15) is 0 Å². The van der Waals surface area contributed by atoms with E-state index >= 15 is 0 Å². The third-order valence-corrected chi connectivity index (χ3v) is 6.22. The normalized spacial score (nSPS) is 24.2. The van der Waals surface area contributed by atoms with Crippen molar-refractivity contribution in [3.63, 3.8) is 0 Å². The number of rotatable bonds is 5. The summed E-state index contributed by atoms with van der Waals surface area (Å²) in [5, 5.41) is 3.63. The third kappa shape index (κ3) is 4.75. The number of methoxy groups -OCH3 is 1. The summed E-state index contributed by atoms with van der Waals surface area (Å²) in [5.74, 6) is 1.82. The Bertz CT molecular complexity index is 417. The monoisotopic (exact) mass is 452 g/mol. The number of hydrogen-bond donors (Lipinski definition) is 1. The van der Waals surface area contributed by atoms with Crippen molar-refractivity contribution < 1.29 is 4.74 Å². The lowest BCUT2D eigenvalue weighted by Crippen LogP contribution is -2.72. The summed E-state index contributed by atoms with van der Waals surface area (Å²) in [6.45, 7) is 15.7. The minimum atomic E-state index is 0. The molecule has 2 heterocycles. The zero-order valence-electron chi connectivity index (χ0n) is 16.4. The van der Waals surface area contributed by atoms with Crippen LogP contribution in [0.1, 0.15) is 40.5 Å². The Hall–Kier alpha value is -0.0800. The lowest BCUT2D eigenvalue weighted by Gasteiger charge is -2.62. The molecule has 0 atom stereocenters. The fraction of sp³-hybridized carbons (Fsp3) is 0.944. The van der Waals surface area contributed by atoms with E-state index < -0.39 is 0 Å². The predicted octanol–water partition coefficient (Wildman–Crippen LogP) is 2.66. The predicted molar refractivity (Wildman–Crippen MR) is 112 cm³/mol. The lowest BCUT2D eigenvalue weighted by atomic mass is 9.65. The minimum absolute atomic E-state index is 0. The van der Waals surface area contributed by atoms with Crippen molar-refractivity contribution in [2.45, 2.75) is 46.1 Å². The Morgan fingerprint density at radius 3 is 2.29 bits per heavy atom. The summed E-state index contributed by atoms with van der Waals surface area (Å²) in [6, 6.07) is 0. The van der Waals surface area contributed by atoms with Gasteiger partial charge in [-0.05, 0) is 45.7 Å². The van der Waals surface area contributed by atoms with Crippen LogP contribution in [0.2, 0.25) is 0 Å². The Labute approximate surface area is 165 Å². The van der Waals surface area contributed by atoms with Crippen molar-refractivity contribution in [2.75, 3.05) is 53.5 Å². The smallest absolute Gasteiger partial charge is 0.194 e. The molecule has 0 amide bonds. The summed E-state index contributed by atoms with van der Waals surface area (Å²) in [5.41, 5.74) is 0.510. The van der Waals surface area contributed by atoms with Gasteiger partial charge in [-0.15, -0.1) is 24.0 Å². The van der Waals surface area contributed by atoms with Crippen molar-refractivity contribution in [2.24, 2.45) is 16.3 Å². The molecular weight excluding hydrogens is 415 g/mol. The highest BCUT2D eigenvalue weighted by Crippen LogP contribution is 2.46. The van der Waals surface area contributed by atoms with Gasteiger partial charge in [0.2, 0.25) is 0 Å². The number of aliphatic imine (C=N–C) groups is 1. The molecular formula is C18H37IN4O. The van der Waals surface area contributed by atoms with Crippen LogP contribution >= 0.6 is 24.0 Å². The van der Waals surface area contributed by atoms with Gasteiger partial charge < -0.3 is 19.9 Å². The topological polar surface area (TPSA) is 40.1 Å². The van der Waals surface area contributed by atoms with Crippen molar-refractivity contribution in [1.29, 1.82) is 0 Å². The molecule has 0 aromatic heterocycles. The lowest BCUT2D eigenvalue weighted by molar-refractivity contribution is -0.0668. The molecule has 0 unspecified atom stereocenters. The van der Waals surface area contributed by atoms with Crippen LogP contribution in [-0.4, -0.2) is 74.8 Å². The number of nitrogens with zero attached hydrogens (tertiary/aromatic N) is 3. The quantitative estimate of drug-likeness (QED) is 0.396. The van der Waals surface area contributed by atoms with Gasteiger partial charge in [0.15, 0.2) is 5.96 Å². The van der Waals surface area contributed by atoms with Crippen LogP contribution < -0.4 is 5.32 Å². The molecule has 2 aliphatic heterocycles. The summed E-state index contributed by atoms with van der Waals surface area (Å²) >= 11 is 0. The van der Waals surface area contributed by atoms with Crippen molar-refractivity contribution in [3.05, 3.63) is 0 Å². The molecule has 0 bridgehead atoms. The van der Waals surface area contributed by atoms with E-state index in [1.807, 2.05) is 7.05 Å². The molecule has 142 valence electrons. The first-order valence-electron chi connectivity index (χ1n) is 9.01. The zero-order valence-corrected chi connectivity index (χ0v) is 18.7. The van der Waals surface area contributed by atoms with E-state index in [0.29, 0.717) is 5.41 Å². The van der Waals surface area contributed by atoms with Crippen LogP contribution in [0.3, 0.4) is 0 Å². The molecule has 0 spiro atoms. The number of nitrogens with one attached hydrogen (secondary N) is 1. The maximum atomic E-state index is 5.17. The zero-order chi connectivity index (χ0) is 17.1. The van der Waals surface area contributed by atoms with Gasteiger partial charge in [-0.1, -0.05) is 13.8 Å². The van der Waals surface area contributed by atoms with E-state index in [-0.39, 0.29) is 29.5 Å². The molecule has 6 heteroatoms. The summed E-state index contributed by atoms with van der Waals surface area (Å²) < 4.78 is 5.17. The van der Waals surface area contributed by atoms with E-state index in [4.69, 9.17) is 4.74 Å². The van der Waals surface area contributed by atoms with Crippen LogP contribution in [0.5, 0.6) is 0 Å². The maximum absolute atomic E-state index is 5.17. The Balaban J connectivity index is 0.00000288. The molecule has 0 radical (unpaired) electrons. The largest absolute Gasteiger partial charge is 0.383 e. The number of guanidine groups is 1. The fourth-order valence-electron chi connectivity index (χ4n) is 3.57. The number of piperidine rings is 1. The Kier molecular flexibility index (Phi) is 8.26. The van der Waals surface area contributed by atoms with E-state index in [1.54, 1.807) is 7.11 Å². The van der Waals surface area contributed by atoms with E-state index in [2.05, 4.69) is 47.8 Å². The first kappa shape index (κ1) is 22.0. The summed E-state index contributed by atoms with van der Waals surface area (Å²) in [6.07, 6.45) is 2.53. The Morgan fingerprint density at radius 2 is 1.83 bits per heavy atom. The van der Waals surface area contributed by atoms with Gasteiger partial charge in [0.1, 0.15) is 0 Å². The van der Waals surface area contributed by atoms with Crippen molar-refractivity contribution >= 4 is 29.9 Å². The van der Waals surface area contributed by atoms with Gasteiger partial charge in [-0.2, -0.15) is 0 Å². The minimum Gasteiger partial charge on any atom is -0.383 e. The molecule has 0 aromatic rings. The number of ether oxygens (including phenoxy) is 1. The maximum Gasteiger partial charge on any atom is 0.194 e. The van der Waals surface area contributed by atoms with Gasteiger partial charge in [0.25, 0.3) is 0 Å². The molecule has 2 aliphatic rings. The number of hydrogen-bond acceptors (Lipinski definition) is 3. The van der Waals surface area contributed by atoms with Gasteiger partial charge in [-0.3, -0.25) is 4.99 Å². The fourth-order valence-corrected chi connectivity index (χ4v) is 3.57. The molecule has 24 heavy (non-hydrogen) atoms. The standard InChI is InChI=1S/C18H36N4O.HI/c1-17(2)14-22(18(17,3)4)16(19-5)20-13-15-7-9-21(10-8-15)11-12-23-6;/h15H,7-14H2,1-6H3,(H,19,20);1H. The van der Waals surface area contributed by atoms with Crippen LogP contribution in [0.25, 0.3) is 0 Å². The average molecular weight is 452 g/mol. The van der Waals surface area contributed by atoms with E-state index in [0.717, 1.165) is 38.1 Å². The molecule has 2 saturated heterocycles. The van der Waals surface area contributed by atoms with Crippen molar-refractivity contribution in [3.8, 4) is 0 Å². The van der Waals surface area contributed by atoms with Gasteiger partial charge in [-0.25, -0.2) is 0 Å². The second-order valence-electron chi connectivity index (χ2n) is 8.23. The van der Waals surface area contributed by atoms with Crippen LogP contribution in [-0.2, 0) is 4.74 Å². The van der Waals surface area contributed by atoms with Gasteiger partial charge >= 0.3 is 0 Å². The number of halogens is 1. The Morgan fingerprint density at radius 1 is 1.21 bits per heavy atom. The highest BCUT2D eigenvalue weighted by atomic mass is 127. The first-order valence-corrected chi connectivity index (χ1v) is 9.01. The summed E-state index contributed by atoms with van der Waals surface area (Å²) in [4.78, 5) is 9.44. The molecule has 0 aromatic carbocycles. The van der Waals surface area contributed by atoms with Gasteiger partial charge in [0, 0.05) is 44.7 Å². The van der Waals surface area contributed by atoms with E-state index in [1.165, 1.54) is 25.9 Å². The second-order valence-corrected chi connectivity index (χ2v) is 8.23. The molecule has 2 rings (SSSR count). The SMILES string of the molecule is CN=C(NCC1CCN(CCOC)CC1)N1CC(C)(C)C1(C)C.I. The number of likely N-dealkylation sites (tertiary alicyclic amines) is 2. The molecule has 0 saturated carbocycles. The molecule has 2 fully saturated rings. The second kappa shape index (κ2) is 9.03. The van der Waals surface area contributed by atoms with Crippen LogP contribution in [0.15, 0.2) is 4.99 Å². The van der Waals surface area contributed by atoms with Crippen LogP contribution in [0.4, 0.5) is 0 Å². The summed E-state index contributed by atoms with van der Waals surface area (Å²) in [7, 11) is 3.68. The van der Waals surface area contributed by atoms with Gasteiger partial charge in [0.05, 0.1) is 6.61 Å².